The maximum absolute atomic E-state index is 2.96. The average Bonchev–Trinajstić information content (AvgIpc) is 3.48. The first-order valence-electron chi connectivity index (χ1n) is 15.3. The first-order chi connectivity index (χ1) is 15.3. The zero-order valence-electron chi connectivity index (χ0n) is 22.7. The van der Waals surface area contributed by atoms with Crippen LogP contribution in [0.1, 0.15) is 104 Å². The van der Waals surface area contributed by atoms with Gasteiger partial charge in [0.2, 0.25) is 0 Å². The molecular weight excluding hydrogens is 417 g/mol. The van der Waals surface area contributed by atoms with Crippen molar-refractivity contribution in [2.75, 3.05) is 0 Å². The monoisotopic (exact) mass is 472 g/mol. The minimum absolute atomic E-state index is 0.985. The van der Waals surface area contributed by atoms with Gasteiger partial charge in [-0.2, -0.15) is 0 Å². The number of fused-ring (bicyclic) bond motifs is 3. The minimum Gasteiger partial charge on any atom is -0.0711 e. The van der Waals surface area contributed by atoms with Crippen molar-refractivity contribution in [3.8, 4) is 0 Å². The Morgan fingerprint density at radius 3 is 2.00 bits per heavy atom. The van der Waals surface area contributed by atoms with Crippen LogP contribution in [0.25, 0.3) is 0 Å². The smallest absolute Gasteiger partial charge is 0.0449 e. The maximum atomic E-state index is 2.96. The predicted molar refractivity (Wildman–Crippen MR) is 146 cm³/mol. The molecule has 0 aromatic heterocycles. The summed E-state index contributed by atoms with van der Waals surface area (Å²) in [6.07, 6.45) is 22.1. The molecule has 184 valence electrons. The quantitative estimate of drug-likeness (QED) is 0.337. The van der Waals surface area contributed by atoms with Crippen LogP contribution in [-0.4, -0.2) is 15.2 Å². The molecule has 0 nitrogen and oxygen atoms in total. The molecule has 0 heterocycles. The molecule has 0 aromatic carbocycles. The third-order valence-electron chi connectivity index (χ3n) is 13.4. The maximum Gasteiger partial charge on any atom is 0.0449 e. The lowest BCUT2D eigenvalue weighted by atomic mass is 9.71. The molecule has 0 aromatic rings. The van der Waals surface area contributed by atoms with E-state index < -0.39 is 15.2 Å². The van der Waals surface area contributed by atoms with Crippen LogP contribution in [-0.2, 0) is 0 Å². The van der Waals surface area contributed by atoms with E-state index in [4.69, 9.17) is 0 Å². The Kier molecular flexibility index (Phi) is 6.90. The summed E-state index contributed by atoms with van der Waals surface area (Å²) in [6, 6.07) is 0. The van der Waals surface area contributed by atoms with Crippen LogP contribution in [0.15, 0.2) is 0 Å². The van der Waals surface area contributed by atoms with Crippen LogP contribution in [0.4, 0.5) is 0 Å². The van der Waals surface area contributed by atoms with Crippen molar-refractivity contribution in [3.63, 3.8) is 0 Å². The van der Waals surface area contributed by atoms with E-state index in [9.17, 15) is 0 Å². The summed E-state index contributed by atoms with van der Waals surface area (Å²) in [4.78, 5) is 0. The van der Waals surface area contributed by atoms with Crippen LogP contribution in [0.3, 0.4) is 0 Å². The summed E-state index contributed by atoms with van der Waals surface area (Å²) in [5.41, 5.74) is 2.35. The van der Waals surface area contributed by atoms with Gasteiger partial charge in [0.05, 0.1) is 0 Å². The van der Waals surface area contributed by atoms with Crippen molar-refractivity contribution in [2.24, 2.45) is 47.3 Å². The Balaban J connectivity index is 1.37. The molecule has 0 spiro atoms. The molecule has 2 heteroatoms. The van der Waals surface area contributed by atoms with Gasteiger partial charge in [0, 0.05) is 15.2 Å². The Morgan fingerprint density at radius 1 is 0.625 bits per heavy atom. The normalized spacial score (nSPS) is 45.4. The molecule has 5 aliphatic carbocycles. The summed E-state index contributed by atoms with van der Waals surface area (Å²) in [5, 5.41) is 0. The number of hydrogen-bond acceptors (Lipinski definition) is 0. The summed E-state index contributed by atoms with van der Waals surface area (Å²) in [5.74, 6) is 8.87. The van der Waals surface area contributed by atoms with Crippen molar-refractivity contribution >= 4 is 15.2 Å². The number of rotatable bonds is 6. The van der Waals surface area contributed by atoms with Gasteiger partial charge < -0.3 is 0 Å². The number of hydrogen-bond donors (Lipinski definition) is 0. The SMILES string of the molecule is CCCC(C)C1CC([Si](C)(C)[Si](C)(C)C2CCC3CC4CCCC4CC32)C2CCCCC12. The third-order valence-corrected chi connectivity index (χ3v) is 34.0. The van der Waals surface area contributed by atoms with Crippen LogP contribution in [0.2, 0.25) is 37.3 Å². The summed E-state index contributed by atoms with van der Waals surface area (Å²) >= 11 is 0. The first-order valence-corrected chi connectivity index (χ1v) is 22.4. The Labute approximate surface area is 203 Å². The van der Waals surface area contributed by atoms with Crippen LogP contribution >= 0.6 is 0 Å². The van der Waals surface area contributed by atoms with E-state index in [-0.39, 0.29) is 0 Å². The molecule has 0 amide bonds. The summed E-state index contributed by atoms with van der Waals surface area (Å²) in [7, 11) is -2.49. The lowest BCUT2D eigenvalue weighted by Gasteiger charge is -2.52. The van der Waals surface area contributed by atoms with Crippen molar-refractivity contribution in [1.29, 1.82) is 0 Å². The Hall–Kier alpha value is 0.434. The van der Waals surface area contributed by atoms with Crippen molar-refractivity contribution in [1.82, 2.24) is 0 Å². The summed E-state index contributed by atoms with van der Waals surface area (Å²) < 4.78 is 0. The molecule has 5 fully saturated rings. The van der Waals surface area contributed by atoms with Gasteiger partial charge in [-0.25, -0.2) is 0 Å². The van der Waals surface area contributed by atoms with E-state index in [2.05, 4.69) is 40.0 Å². The van der Waals surface area contributed by atoms with E-state index in [1.54, 1.807) is 77.0 Å². The molecule has 0 radical (unpaired) electrons. The van der Waals surface area contributed by atoms with Crippen LogP contribution in [0.5, 0.6) is 0 Å². The molecule has 0 saturated heterocycles. The van der Waals surface area contributed by atoms with E-state index >= 15 is 0 Å². The average molecular weight is 473 g/mol. The lowest BCUT2D eigenvalue weighted by Crippen LogP contribution is -2.62. The second-order valence-corrected chi connectivity index (χ2v) is 31.0. The second kappa shape index (κ2) is 9.14. The third kappa shape index (κ3) is 3.88. The van der Waals surface area contributed by atoms with Gasteiger partial charge in [-0.15, -0.1) is 0 Å². The molecule has 5 aliphatic rings. The lowest BCUT2D eigenvalue weighted by molar-refractivity contribution is 0.156. The Bertz CT molecular complexity index is 653. The van der Waals surface area contributed by atoms with Crippen LogP contribution < -0.4 is 0 Å². The molecule has 0 bridgehead atoms. The fourth-order valence-corrected chi connectivity index (χ4v) is 25.6. The van der Waals surface area contributed by atoms with Crippen molar-refractivity contribution < 1.29 is 0 Å². The molecular formula is C30H56Si2. The molecule has 0 N–H and O–H groups in total. The Morgan fingerprint density at radius 2 is 1.28 bits per heavy atom. The van der Waals surface area contributed by atoms with Crippen molar-refractivity contribution in [3.05, 3.63) is 0 Å². The largest absolute Gasteiger partial charge is 0.0711 e. The topological polar surface area (TPSA) is 0 Å². The van der Waals surface area contributed by atoms with Gasteiger partial charge in [-0.1, -0.05) is 104 Å². The van der Waals surface area contributed by atoms with Gasteiger partial charge in [0.1, 0.15) is 0 Å². The van der Waals surface area contributed by atoms with Gasteiger partial charge in [0.15, 0.2) is 0 Å². The minimum atomic E-state index is -1.25. The molecule has 32 heavy (non-hydrogen) atoms. The molecule has 10 unspecified atom stereocenters. The highest BCUT2D eigenvalue weighted by molar-refractivity contribution is 7.41. The molecule has 5 rings (SSSR count). The highest BCUT2D eigenvalue weighted by atomic mass is 29.3. The zero-order chi connectivity index (χ0) is 22.7. The van der Waals surface area contributed by atoms with E-state index in [0.29, 0.717) is 0 Å². The molecule has 0 aliphatic heterocycles. The van der Waals surface area contributed by atoms with E-state index in [0.717, 1.165) is 47.3 Å². The first kappa shape index (κ1) is 24.1. The standard InChI is InChI=1S/C30H56Si2/c1-7-11-21(2)27-20-30(26-15-9-8-14-25(26)27)32(5,6)31(3,4)29-17-16-24-18-22-12-10-13-23(22)19-28(24)29/h21-30H,7-20H2,1-6H3. The fourth-order valence-electron chi connectivity index (χ4n) is 11.1. The van der Waals surface area contributed by atoms with E-state index in [1.807, 2.05) is 0 Å². The molecule has 10 atom stereocenters. The van der Waals surface area contributed by atoms with Crippen LogP contribution in [0, 0.1) is 47.3 Å². The predicted octanol–water partition coefficient (Wildman–Crippen LogP) is 9.72. The fraction of sp³-hybridized carbons (Fsp3) is 1.00. The van der Waals surface area contributed by atoms with Crippen molar-refractivity contribution in [2.45, 2.75) is 141 Å². The van der Waals surface area contributed by atoms with Gasteiger partial charge in [-0.3, -0.25) is 0 Å². The van der Waals surface area contributed by atoms with Gasteiger partial charge in [-0.05, 0) is 84.1 Å². The zero-order valence-corrected chi connectivity index (χ0v) is 24.7. The van der Waals surface area contributed by atoms with Gasteiger partial charge in [0.25, 0.3) is 0 Å². The highest BCUT2D eigenvalue weighted by Gasteiger charge is 2.60. The summed E-state index contributed by atoms with van der Waals surface area (Å²) in [6.45, 7) is 16.9. The highest BCUT2D eigenvalue weighted by Crippen LogP contribution is 2.64. The van der Waals surface area contributed by atoms with E-state index in [1.165, 1.54) is 23.9 Å². The molecule has 5 saturated carbocycles. The second-order valence-electron chi connectivity index (χ2n) is 14.9. The van der Waals surface area contributed by atoms with Gasteiger partial charge >= 0.3 is 0 Å².